The van der Waals surface area contributed by atoms with Crippen molar-refractivity contribution in [3.63, 3.8) is 0 Å². The van der Waals surface area contributed by atoms with Crippen molar-refractivity contribution < 1.29 is 0 Å². The second-order valence-electron chi connectivity index (χ2n) is 5.96. The number of hydrazine groups is 1. The molecule has 3 rings (SSSR count). The van der Waals surface area contributed by atoms with Gasteiger partial charge in [-0.25, -0.2) is 15.8 Å². The lowest BCUT2D eigenvalue weighted by molar-refractivity contribution is 0.709. The van der Waals surface area contributed by atoms with Gasteiger partial charge in [0.2, 0.25) is 0 Å². The summed E-state index contributed by atoms with van der Waals surface area (Å²) in [5, 5.41) is 1.26. The number of nitrogens with zero attached hydrogens (tertiary/aromatic N) is 3. The first-order valence-corrected chi connectivity index (χ1v) is 8.28. The minimum Gasteiger partial charge on any atom is -0.354 e. The fourth-order valence-electron chi connectivity index (χ4n) is 2.85. The molecule has 110 valence electrons. The number of anilines is 2. The van der Waals surface area contributed by atoms with Crippen molar-refractivity contribution in [1.82, 2.24) is 9.97 Å². The first-order valence-electron chi connectivity index (χ1n) is 7.34. The van der Waals surface area contributed by atoms with Gasteiger partial charge in [-0.1, -0.05) is 13.8 Å². The number of nitrogen functional groups attached to an aromatic ring is 1. The van der Waals surface area contributed by atoms with Gasteiger partial charge in [-0.05, 0) is 19.8 Å². The van der Waals surface area contributed by atoms with Gasteiger partial charge in [-0.3, -0.25) is 0 Å². The van der Waals surface area contributed by atoms with E-state index in [4.69, 9.17) is 10.8 Å². The molecule has 2 heterocycles. The Morgan fingerprint density at radius 2 is 1.85 bits per heavy atom. The molecule has 0 aromatic carbocycles. The minimum atomic E-state index is 0.537. The normalized spacial score (nSPS) is 26.7. The Balaban J connectivity index is 1.96. The molecule has 3 N–H and O–H groups in total. The average molecular weight is 293 g/mol. The summed E-state index contributed by atoms with van der Waals surface area (Å²) in [5.74, 6) is 8.96. The molecule has 1 aromatic heterocycles. The first-order chi connectivity index (χ1) is 9.58. The van der Waals surface area contributed by atoms with Gasteiger partial charge in [-0.15, -0.1) is 0 Å². The van der Waals surface area contributed by atoms with E-state index in [2.05, 4.69) is 47.8 Å². The van der Waals surface area contributed by atoms with E-state index in [1.807, 2.05) is 0 Å². The van der Waals surface area contributed by atoms with E-state index >= 15 is 0 Å². The van der Waals surface area contributed by atoms with Crippen LogP contribution in [-0.4, -0.2) is 33.6 Å². The van der Waals surface area contributed by atoms with E-state index < -0.39 is 0 Å². The largest absolute Gasteiger partial charge is 0.354 e. The van der Waals surface area contributed by atoms with Crippen LogP contribution >= 0.6 is 11.8 Å². The van der Waals surface area contributed by atoms with E-state index in [9.17, 15) is 0 Å². The van der Waals surface area contributed by atoms with Crippen LogP contribution in [0.4, 0.5) is 11.6 Å². The monoisotopic (exact) mass is 293 g/mol. The quantitative estimate of drug-likeness (QED) is 0.658. The fourth-order valence-corrected chi connectivity index (χ4v) is 4.17. The van der Waals surface area contributed by atoms with E-state index in [0.29, 0.717) is 16.4 Å². The van der Waals surface area contributed by atoms with E-state index in [1.165, 1.54) is 12.8 Å². The van der Waals surface area contributed by atoms with Crippen LogP contribution in [-0.2, 0) is 0 Å². The first kappa shape index (κ1) is 13.9. The molecule has 1 aromatic rings. The molecule has 5 nitrogen and oxygen atoms in total. The molecule has 0 radical (unpaired) electrons. The number of hydrogen-bond donors (Lipinski definition) is 2. The van der Waals surface area contributed by atoms with Crippen LogP contribution in [0.5, 0.6) is 0 Å². The molecular formula is C14H23N5S. The number of rotatable bonds is 3. The van der Waals surface area contributed by atoms with E-state index in [0.717, 1.165) is 36.1 Å². The predicted molar refractivity (Wildman–Crippen MR) is 85.3 cm³/mol. The summed E-state index contributed by atoms with van der Waals surface area (Å²) < 4.78 is 0. The summed E-state index contributed by atoms with van der Waals surface area (Å²) in [6.45, 7) is 8.71. The number of nitrogens with two attached hydrogens (primary N) is 1. The highest BCUT2D eigenvalue weighted by Gasteiger charge is 2.30. The molecule has 1 aliphatic carbocycles. The second kappa shape index (κ2) is 5.41. The number of thioether (sulfide) groups is 1. The van der Waals surface area contributed by atoms with Crippen LogP contribution in [0.15, 0.2) is 0 Å². The lowest BCUT2D eigenvalue weighted by Gasteiger charge is -2.36. The van der Waals surface area contributed by atoms with Crippen LogP contribution in [0.2, 0.25) is 0 Å². The van der Waals surface area contributed by atoms with Gasteiger partial charge < -0.3 is 10.3 Å². The molecule has 2 fully saturated rings. The zero-order valence-electron chi connectivity index (χ0n) is 12.4. The Hall–Kier alpha value is -1.01. The van der Waals surface area contributed by atoms with Crippen molar-refractivity contribution in [1.29, 1.82) is 0 Å². The van der Waals surface area contributed by atoms with Crippen LogP contribution in [0, 0.1) is 6.92 Å². The fraction of sp³-hybridized carbons (Fsp3) is 0.714. The van der Waals surface area contributed by atoms with Gasteiger partial charge in [-0.2, -0.15) is 11.8 Å². The SMILES string of the molecule is Cc1c(NN)nc(C2CC2)nc1N1CC(C)SC(C)C1. The zero-order chi connectivity index (χ0) is 14.3. The highest BCUT2D eigenvalue weighted by atomic mass is 32.2. The lowest BCUT2D eigenvalue weighted by atomic mass is 10.2. The molecule has 2 atom stereocenters. The van der Waals surface area contributed by atoms with Crippen molar-refractivity contribution in [3.05, 3.63) is 11.4 Å². The maximum atomic E-state index is 5.63. The lowest BCUT2D eigenvalue weighted by Crippen LogP contribution is -2.41. The molecule has 0 spiro atoms. The molecular weight excluding hydrogens is 270 g/mol. The maximum Gasteiger partial charge on any atom is 0.148 e. The van der Waals surface area contributed by atoms with Crippen molar-refractivity contribution in [2.24, 2.45) is 5.84 Å². The van der Waals surface area contributed by atoms with Crippen molar-refractivity contribution in [2.75, 3.05) is 23.4 Å². The smallest absolute Gasteiger partial charge is 0.148 e. The molecule has 6 heteroatoms. The van der Waals surface area contributed by atoms with Gasteiger partial charge in [0.25, 0.3) is 0 Å². The highest BCUT2D eigenvalue weighted by Crippen LogP contribution is 2.40. The van der Waals surface area contributed by atoms with Crippen molar-refractivity contribution in [2.45, 2.75) is 50.0 Å². The maximum absolute atomic E-state index is 5.63. The number of hydrogen-bond acceptors (Lipinski definition) is 6. The van der Waals surface area contributed by atoms with E-state index in [1.54, 1.807) is 0 Å². The Morgan fingerprint density at radius 1 is 1.20 bits per heavy atom. The Labute approximate surface area is 124 Å². The molecule has 1 saturated heterocycles. The Kier molecular flexibility index (Phi) is 3.77. The van der Waals surface area contributed by atoms with Crippen LogP contribution in [0.25, 0.3) is 0 Å². The third-order valence-electron chi connectivity index (χ3n) is 3.94. The number of nitrogens with one attached hydrogen (secondary N) is 1. The molecule has 1 saturated carbocycles. The van der Waals surface area contributed by atoms with Gasteiger partial charge in [0.1, 0.15) is 17.5 Å². The molecule has 2 aliphatic rings. The van der Waals surface area contributed by atoms with Gasteiger partial charge in [0, 0.05) is 35.1 Å². The minimum absolute atomic E-state index is 0.537. The summed E-state index contributed by atoms with van der Waals surface area (Å²) >= 11 is 2.05. The molecule has 1 aliphatic heterocycles. The van der Waals surface area contributed by atoms with Crippen molar-refractivity contribution in [3.8, 4) is 0 Å². The third kappa shape index (κ3) is 2.72. The van der Waals surface area contributed by atoms with Crippen LogP contribution in [0.1, 0.15) is 44.0 Å². The Morgan fingerprint density at radius 3 is 2.40 bits per heavy atom. The summed E-state index contributed by atoms with van der Waals surface area (Å²) in [5.41, 5.74) is 3.80. The second-order valence-corrected chi connectivity index (χ2v) is 7.84. The number of aromatic nitrogens is 2. The van der Waals surface area contributed by atoms with Crippen LogP contribution < -0.4 is 16.2 Å². The molecule has 0 bridgehead atoms. The Bertz CT molecular complexity index is 493. The summed E-state index contributed by atoms with van der Waals surface area (Å²) in [4.78, 5) is 11.8. The zero-order valence-corrected chi connectivity index (χ0v) is 13.2. The topological polar surface area (TPSA) is 67.1 Å². The molecule has 0 amide bonds. The summed E-state index contributed by atoms with van der Waals surface area (Å²) in [7, 11) is 0. The summed E-state index contributed by atoms with van der Waals surface area (Å²) in [6.07, 6.45) is 2.41. The predicted octanol–water partition coefficient (Wildman–Crippen LogP) is 2.28. The summed E-state index contributed by atoms with van der Waals surface area (Å²) in [6, 6.07) is 0. The third-order valence-corrected chi connectivity index (χ3v) is 5.16. The molecule has 2 unspecified atom stereocenters. The van der Waals surface area contributed by atoms with E-state index in [-0.39, 0.29) is 0 Å². The van der Waals surface area contributed by atoms with Gasteiger partial charge in [0.15, 0.2) is 0 Å². The van der Waals surface area contributed by atoms with Crippen molar-refractivity contribution >= 4 is 23.4 Å². The average Bonchev–Trinajstić information content (AvgIpc) is 3.22. The van der Waals surface area contributed by atoms with Gasteiger partial charge in [0.05, 0.1) is 0 Å². The standard InChI is InChI=1S/C14H23N5S/c1-8-6-19(7-9(2)20-8)14-10(3)12(18-15)16-13(17-14)11-4-5-11/h8-9,11H,4-7,15H2,1-3H3,(H,16,17,18). The molecule has 20 heavy (non-hydrogen) atoms. The highest BCUT2D eigenvalue weighted by molar-refractivity contribution is 8.00. The van der Waals surface area contributed by atoms with Crippen LogP contribution in [0.3, 0.4) is 0 Å². The van der Waals surface area contributed by atoms with Gasteiger partial charge >= 0.3 is 0 Å².